The van der Waals surface area contributed by atoms with E-state index in [0.717, 1.165) is 0 Å². The minimum Gasteiger partial charge on any atom is -0.384 e. The molecular weight excluding hydrogens is 187 g/mol. The van der Waals surface area contributed by atoms with E-state index < -0.39 is 0 Å². The Morgan fingerprint density at radius 2 is 2.31 bits per heavy atom. The summed E-state index contributed by atoms with van der Waals surface area (Å²) in [5, 5.41) is 7.11. The smallest absolute Gasteiger partial charge is 0.127 e. The third-order valence-corrected chi connectivity index (χ3v) is 2.26. The number of nitrogen functional groups attached to an aromatic ring is 1. The molecule has 1 aromatic rings. The van der Waals surface area contributed by atoms with E-state index >= 15 is 0 Å². The van der Waals surface area contributed by atoms with E-state index in [9.17, 15) is 4.39 Å². The second-order valence-corrected chi connectivity index (χ2v) is 3.52. The lowest BCUT2D eigenvalue weighted by Gasteiger charge is -2.03. The summed E-state index contributed by atoms with van der Waals surface area (Å²) in [6.07, 6.45) is 1.92. The lowest BCUT2D eigenvalue weighted by atomic mass is 10.1. The molecule has 2 nitrogen and oxygen atoms in total. The Kier molecular flexibility index (Phi) is 3.31. The maximum absolute atomic E-state index is 13.2. The monoisotopic (exact) mass is 198 g/mol. The van der Waals surface area contributed by atoms with Gasteiger partial charge in [0.05, 0.1) is 0 Å². The fraction of sp³-hybridized carbons (Fsp3) is 0.222. The van der Waals surface area contributed by atoms with Gasteiger partial charge in [0.1, 0.15) is 11.7 Å². The van der Waals surface area contributed by atoms with Crippen molar-refractivity contribution in [3.05, 3.63) is 35.1 Å². The molecule has 0 saturated heterocycles. The van der Waals surface area contributed by atoms with E-state index in [1.165, 1.54) is 6.07 Å². The summed E-state index contributed by atoms with van der Waals surface area (Å²) in [4.78, 5) is 0. The van der Waals surface area contributed by atoms with Crippen molar-refractivity contribution in [2.45, 2.75) is 5.75 Å². The molecule has 0 saturated carbocycles. The molecule has 13 heavy (non-hydrogen) atoms. The number of amidine groups is 1. The lowest BCUT2D eigenvalue weighted by molar-refractivity contribution is 0.617. The second-order valence-electron chi connectivity index (χ2n) is 2.65. The average molecular weight is 198 g/mol. The summed E-state index contributed by atoms with van der Waals surface area (Å²) in [6.45, 7) is 0. The van der Waals surface area contributed by atoms with Crippen LogP contribution < -0.4 is 5.73 Å². The normalized spacial score (nSPS) is 10.0. The van der Waals surface area contributed by atoms with Crippen LogP contribution in [0.1, 0.15) is 11.1 Å². The first-order valence-corrected chi connectivity index (χ1v) is 5.16. The Labute approximate surface area is 80.8 Å². The predicted molar refractivity (Wildman–Crippen MR) is 54.6 cm³/mol. The summed E-state index contributed by atoms with van der Waals surface area (Å²) < 4.78 is 13.2. The highest BCUT2D eigenvalue weighted by Gasteiger charge is 2.03. The van der Waals surface area contributed by atoms with Gasteiger partial charge in [-0.25, -0.2) is 4.39 Å². The van der Waals surface area contributed by atoms with E-state index in [2.05, 4.69) is 0 Å². The van der Waals surface area contributed by atoms with Crippen LogP contribution in [0.15, 0.2) is 18.2 Å². The predicted octanol–water partition coefficient (Wildman–Crippen LogP) is 1.97. The van der Waals surface area contributed by atoms with Crippen LogP contribution in [0.2, 0.25) is 0 Å². The largest absolute Gasteiger partial charge is 0.384 e. The van der Waals surface area contributed by atoms with Gasteiger partial charge in [-0.1, -0.05) is 12.1 Å². The number of benzene rings is 1. The Balaban J connectivity index is 2.98. The Morgan fingerprint density at radius 1 is 1.62 bits per heavy atom. The standard InChI is InChI=1S/C9H11FN2S/c1-13-5-7-3-2-6(9(11)12)4-8(7)10/h2-4H,5H2,1H3,(H3,11,12). The summed E-state index contributed by atoms with van der Waals surface area (Å²) in [5.74, 6) is 0.251. The molecular formula is C9H11FN2S. The molecule has 4 heteroatoms. The van der Waals surface area contributed by atoms with Gasteiger partial charge in [-0.3, -0.25) is 5.41 Å². The zero-order valence-electron chi connectivity index (χ0n) is 7.30. The number of nitrogens with two attached hydrogens (primary N) is 1. The zero-order valence-corrected chi connectivity index (χ0v) is 8.12. The molecule has 0 atom stereocenters. The van der Waals surface area contributed by atoms with Crippen molar-refractivity contribution < 1.29 is 4.39 Å². The molecule has 0 aliphatic carbocycles. The molecule has 0 bridgehead atoms. The van der Waals surface area contributed by atoms with Gasteiger partial charge in [-0.05, 0) is 17.9 Å². The van der Waals surface area contributed by atoms with E-state index in [4.69, 9.17) is 11.1 Å². The van der Waals surface area contributed by atoms with Crippen LogP contribution in [0.5, 0.6) is 0 Å². The van der Waals surface area contributed by atoms with Crippen LogP contribution in [0.4, 0.5) is 4.39 Å². The highest BCUT2D eigenvalue weighted by molar-refractivity contribution is 7.97. The highest BCUT2D eigenvalue weighted by Crippen LogP contribution is 2.14. The minimum atomic E-state index is -0.290. The number of nitrogens with one attached hydrogen (secondary N) is 1. The van der Waals surface area contributed by atoms with Crippen molar-refractivity contribution in [2.24, 2.45) is 5.73 Å². The van der Waals surface area contributed by atoms with E-state index in [-0.39, 0.29) is 11.7 Å². The van der Waals surface area contributed by atoms with Crippen LogP contribution in [0.3, 0.4) is 0 Å². The molecule has 0 aliphatic heterocycles. The Bertz CT molecular complexity index is 325. The fourth-order valence-electron chi connectivity index (χ4n) is 0.987. The van der Waals surface area contributed by atoms with Crippen LogP contribution in [-0.2, 0) is 5.75 Å². The van der Waals surface area contributed by atoms with E-state index in [1.807, 2.05) is 6.26 Å². The van der Waals surface area contributed by atoms with Crippen LogP contribution in [0, 0.1) is 11.2 Å². The van der Waals surface area contributed by atoms with Crippen LogP contribution in [0.25, 0.3) is 0 Å². The van der Waals surface area contributed by atoms with Crippen LogP contribution in [-0.4, -0.2) is 12.1 Å². The van der Waals surface area contributed by atoms with Gasteiger partial charge in [-0.15, -0.1) is 0 Å². The first-order chi connectivity index (χ1) is 6.15. The molecule has 0 fully saturated rings. The zero-order chi connectivity index (χ0) is 9.84. The summed E-state index contributed by atoms with van der Waals surface area (Å²) in [5.41, 5.74) is 6.30. The molecule has 0 radical (unpaired) electrons. The number of thioether (sulfide) groups is 1. The molecule has 0 amide bonds. The molecule has 70 valence electrons. The highest BCUT2D eigenvalue weighted by atomic mass is 32.2. The topological polar surface area (TPSA) is 49.9 Å². The summed E-state index contributed by atoms with van der Waals surface area (Å²) >= 11 is 1.56. The third kappa shape index (κ3) is 2.45. The second kappa shape index (κ2) is 4.28. The number of rotatable bonds is 3. The van der Waals surface area contributed by atoms with Gasteiger partial charge in [0, 0.05) is 11.3 Å². The van der Waals surface area contributed by atoms with Gasteiger partial charge in [-0.2, -0.15) is 11.8 Å². The van der Waals surface area contributed by atoms with E-state index in [1.54, 1.807) is 23.9 Å². The van der Waals surface area contributed by atoms with Crippen molar-refractivity contribution in [3.8, 4) is 0 Å². The Hall–Kier alpha value is -1.03. The molecule has 0 spiro atoms. The average Bonchev–Trinajstić information content (AvgIpc) is 2.08. The van der Waals surface area contributed by atoms with Crippen molar-refractivity contribution >= 4 is 17.6 Å². The maximum Gasteiger partial charge on any atom is 0.127 e. The molecule has 1 aromatic carbocycles. The first kappa shape index (κ1) is 10.1. The SMILES string of the molecule is CSCc1ccc(C(=N)N)cc1F. The number of hydrogen-bond donors (Lipinski definition) is 2. The van der Waals surface area contributed by atoms with Gasteiger partial charge in [0.25, 0.3) is 0 Å². The Morgan fingerprint density at radius 3 is 2.77 bits per heavy atom. The molecule has 0 aliphatic rings. The van der Waals surface area contributed by atoms with Gasteiger partial charge in [0.2, 0.25) is 0 Å². The van der Waals surface area contributed by atoms with Crippen molar-refractivity contribution in [2.75, 3.05) is 6.26 Å². The van der Waals surface area contributed by atoms with Crippen LogP contribution >= 0.6 is 11.8 Å². The van der Waals surface area contributed by atoms with Gasteiger partial charge < -0.3 is 5.73 Å². The molecule has 3 N–H and O–H groups in total. The quantitative estimate of drug-likeness (QED) is 0.576. The molecule has 0 heterocycles. The van der Waals surface area contributed by atoms with Gasteiger partial charge >= 0.3 is 0 Å². The number of hydrogen-bond acceptors (Lipinski definition) is 2. The fourth-order valence-corrected chi connectivity index (χ4v) is 1.53. The number of halogens is 1. The first-order valence-electron chi connectivity index (χ1n) is 3.77. The third-order valence-electron chi connectivity index (χ3n) is 1.66. The molecule has 0 unspecified atom stereocenters. The van der Waals surface area contributed by atoms with Crippen molar-refractivity contribution in [1.82, 2.24) is 0 Å². The lowest BCUT2D eigenvalue weighted by Crippen LogP contribution is -2.11. The minimum absolute atomic E-state index is 0.102. The maximum atomic E-state index is 13.2. The van der Waals surface area contributed by atoms with Gasteiger partial charge in [0.15, 0.2) is 0 Å². The summed E-state index contributed by atoms with van der Waals surface area (Å²) in [6, 6.07) is 4.63. The molecule has 1 rings (SSSR count). The molecule has 0 aromatic heterocycles. The summed E-state index contributed by atoms with van der Waals surface area (Å²) in [7, 11) is 0. The van der Waals surface area contributed by atoms with E-state index in [0.29, 0.717) is 16.9 Å². The van der Waals surface area contributed by atoms with Crippen molar-refractivity contribution in [1.29, 1.82) is 5.41 Å². The van der Waals surface area contributed by atoms with Crippen molar-refractivity contribution in [3.63, 3.8) is 0 Å².